The Kier molecular flexibility index (Phi) is 2.95. The minimum Gasteiger partial charge on any atom is -0.432 e. The molecule has 0 bridgehead atoms. The minimum atomic E-state index is 0.731. The maximum Gasteiger partial charge on any atom is 0.297 e. The Labute approximate surface area is 67.0 Å². The number of hydrogen-bond acceptors (Lipinski definition) is 3. The summed E-state index contributed by atoms with van der Waals surface area (Å²) in [4.78, 5) is 6.18. The summed E-state index contributed by atoms with van der Waals surface area (Å²) >= 11 is 0. The number of nitrogens with zero attached hydrogens (tertiary/aromatic N) is 2. The first-order chi connectivity index (χ1) is 5.38. The van der Waals surface area contributed by atoms with Gasteiger partial charge in [-0.1, -0.05) is 6.92 Å². The van der Waals surface area contributed by atoms with Crippen LogP contribution in [-0.2, 0) is 0 Å². The van der Waals surface area contributed by atoms with Gasteiger partial charge in [0.1, 0.15) is 6.26 Å². The minimum absolute atomic E-state index is 0.731. The highest BCUT2D eigenvalue weighted by Crippen LogP contribution is 2.09. The molecule has 0 saturated carbocycles. The zero-order valence-electron chi connectivity index (χ0n) is 7.08. The second kappa shape index (κ2) is 4.01. The van der Waals surface area contributed by atoms with E-state index in [0.717, 1.165) is 25.5 Å². The van der Waals surface area contributed by atoms with Gasteiger partial charge in [0, 0.05) is 13.1 Å². The molecule has 0 amide bonds. The summed E-state index contributed by atoms with van der Waals surface area (Å²) in [7, 11) is 0. The van der Waals surface area contributed by atoms with Crippen molar-refractivity contribution in [2.75, 3.05) is 18.0 Å². The third kappa shape index (κ3) is 1.97. The lowest BCUT2D eigenvalue weighted by atomic mass is 10.4. The Hall–Kier alpha value is -0.990. The Morgan fingerprint density at radius 1 is 1.55 bits per heavy atom. The lowest BCUT2D eigenvalue weighted by molar-refractivity contribution is 0.535. The Bertz CT molecular complexity index is 184. The number of aromatic nitrogens is 1. The van der Waals surface area contributed by atoms with Crippen molar-refractivity contribution in [3.05, 3.63) is 12.5 Å². The molecule has 0 aliphatic carbocycles. The van der Waals surface area contributed by atoms with Gasteiger partial charge in [-0.05, 0) is 13.3 Å². The highest BCUT2D eigenvalue weighted by atomic mass is 16.4. The second-order valence-corrected chi connectivity index (χ2v) is 2.39. The first kappa shape index (κ1) is 8.11. The largest absolute Gasteiger partial charge is 0.432 e. The summed E-state index contributed by atoms with van der Waals surface area (Å²) in [5.74, 6) is 0. The fraction of sp³-hybridized carbons (Fsp3) is 0.625. The van der Waals surface area contributed by atoms with Crippen LogP contribution in [0.15, 0.2) is 16.9 Å². The molecule has 3 heteroatoms. The SMILES string of the molecule is CCCN(CC)c1ncco1. The van der Waals surface area contributed by atoms with Gasteiger partial charge in [0.25, 0.3) is 6.01 Å². The van der Waals surface area contributed by atoms with Crippen molar-refractivity contribution in [2.24, 2.45) is 0 Å². The third-order valence-electron chi connectivity index (χ3n) is 1.57. The third-order valence-corrected chi connectivity index (χ3v) is 1.57. The van der Waals surface area contributed by atoms with Crippen LogP contribution in [0.2, 0.25) is 0 Å². The fourth-order valence-corrected chi connectivity index (χ4v) is 1.03. The maximum atomic E-state index is 5.15. The number of anilines is 1. The molecule has 1 aromatic rings. The summed E-state index contributed by atoms with van der Waals surface area (Å²) in [5, 5.41) is 0. The molecule has 1 heterocycles. The normalized spacial score (nSPS) is 10.0. The van der Waals surface area contributed by atoms with Crippen molar-refractivity contribution in [1.82, 2.24) is 4.98 Å². The molecule has 1 rings (SSSR count). The molecular weight excluding hydrogens is 140 g/mol. The summed E-state index contributed by atoms with van der Waals surface area (Å²) in [5.41, 5.74) is 0. The zero-order chi connectivity index (χ0) is 8.10. The highest BCUT2D eigenvalue weighted by Gasteiger charge is 2.05. The van der Waals surface area contributed by atoms with Crippen molar-refractivity contribution in [1.29, 1.82) is 0 Å². The van der Waals surface area contributed by atoms with Crippen molar-refractivity contribution < 1.29 is 4.42 Å². The Morgan fingerprint density at radius 3 is 2.82 bits per heavy atom. The van der Waals surface area contributed by atoms with Crippen LogP contribution in [0.3, 0.4) is 0 Å². The molecule has 0 saturated heterocycles. The molecule has 0 atom stereocenters. The van der Waals surface area contributed by atoms with E-state index in [0.29, 0.717) is 0 Å². The van der Waals surface area contributed by atoms with Crippen LogP contribution in [0, 0.1) is 0 Å². The molecule has 0 N–H and O–H groups in total. The van der Waals surface area contributed by atoms with E-state index in [2.05, 4.69) is 23.7 Å². The van der Waals surface area contributed by atoms with Crippen molar-refractivity contribution in [3.63, 3.8) is 0 Å². The molecule has 0 radical (unpaired) electrons. The van der Waals surface area contributed by atoms with E-state index in [9.17, 15) is 0 Å². The van der Waals surface area contributed by atoms with Gasteiger partial charge in [0.2, 0.25) is 0 Å². The molecule has 0 aromatic carbocycles. The van der Waals surface area contributed by atoms with Gasteiger partial charge in [0.05, 0.1) is 6.20 Å². The molecule has 62 valence electrons. The highest BCUT2D eigenvalue weighted by molar-refractivity contribution is 5.23. The van der Waals surface area contributed by atoms with Crippen LogP contribution < -0.4 is 4.90 Å². The van der Waals surface area contributed by atoms with Crippen LogP contribution in [0.4, 0.5) is 6.01 Å². The van der Waals surface area contributed by atoms with E-state index in [1.54, 1.807) is 12.5 Å². The Balaban J connectivity index is 2.56. The maximum absolute atomic E-state index is 5.15. The van der Waals surface area contributed by atoms with Crippen LogP contribution in [0.1, 0.15) is 20.3 Å². The van der Waals surface area contributed by atoms with E-state index < -0.39 is 0 Å². The van der Waals surface area contributed by atoms with Crippen molar-refractivity contribution in [2.45, 2.75) is 20.3 Å². The number of oxazole rings is 1. The molecule has 11 heavy (non-hydrogen) atoms. The van der Waals surface area contributed by atoms with Crippen LogP contribution in [0.25, 0.3) is 0 Å². The fourth-order valence-electron chi connectivity index (χ4n) is 1.03. The smallest absolute Gasteiger partial charge is 0.297 e. The van der Waals surface area contributed by atoms with E-state index in [4.69, 9.17) is 4.42 Å². The van der Waals surface area contributed by atoms with Gasteiger partial charge in [-0.15, -0.1) is 0 Å². The molecular formula is C8H14N2O. The van der Waals surface area contributed by atoms with Gasteiger partial charge >= 0.3 is 0 Å². The van der Waals surface area contributed by atoms with Crippen LogP contribution in [-0.4, -0.2) is 18.1 Å². The first-order valence-corrected chi connectivity index (χ1v) is 4.03. The predicted molar refractivity (Wildman–Crippen MR) is 44.7 cm³/mol. The lowest BCUT2D eigenvalue weighted by Gasteiger charge is -2.16. The molecule has 1 aromatic heterocycles. The van der Waals surface area contributed by atoms with E-state index in [-0.39, 0.29) is 0 Å². The van der Waals surface area contributed by atoms with Crippen LogP contribution in [0.5, 0.6) is 0 Å². The van der Waals surface area contributed by atoms with Gasteiger partial charge in [-0.3, -0.25) is 0 Å². The summed E-state index contributed by atoms with van der Waals surface area (Å²) < 4.78 is 5.15. The molecule has 0 unspecified atom stereocenters. The summed E-state index contributed by atoms with van der Waals surface area (Å²) in [6.07, 6.45) is 4.40. The first-order valence-electron chi connectivity index (χ1n) is 4.03. The van der Waals surface area contributed by atoms with Crippen LogP contribution >= 0.6 is 0 Å². The number of rotatable bonds is 4. The summed E-state index contributed by atoms with van der Waals surface area (Å²) in [6.45, 7) is 6.21. The second-order valence-electron chi connectivity index (χ2n) is 2.39. The predicted octanol–water partition coefficient (Wildman–Crippen LogP) is 1.91. The average Bonchev–Trinajstić information content (AvgIpc) is 2.52. The quantitative estimate of drug-likeness (QED) is 0.663. The molecule has 0 fully saturated rings. The van der Waals surface area contributed by atoms with Crippen molar-refractivity contribution in [3.8, 4) is 0 Å². The molecule has 3 nitrogen and oxygen atoms in total. The molecule has 0 aliphatic heterocycles. The van der Waals surface area contributed by atoms with Gasteiger partial charge in [-0.2, -0.15) is 0 Å². The van der Waals surface area contributed by atoms with Crippen molar-refractivity contribution >= 4 is 6.01 Å². The number of hydrogen-bond donors (Lipinski definition) is 0. The van der Waals surface area contributed by atoms with Gasteiger partial charge in [0.15, 0.2) is 0 Å². The average molecular weight is 154 g/mol. The topological polar surface area (TPSA) is 29.3 Å². The van der Waals surface area contributed by atoms with Gasteiger partial charge in [-0.25, -0.2) is 4.98 Å². The van der Waals surface area contributed by atoms with E-state index in [1.807, 2.05) is 0 Å². The zero-order valence-corrected chi connectivity index (χ0v) is 7.08. The van der Waals surface area contributed by atoms with Gasteiger partial charge < -0.3 is 9.32 Å². The van der Waals surface area contributed by atoms with E-state index in [1.165, 1.54) is 0 Å². The summed E-state index contributed by atoms with van der Waals surface area (Å²) in [6, 6.07) is 0.731. The Morgan fingerprint density at radius 2 is 2.36 bits per heavy atom. The molecule has 0 spiro atoms. The van der Waals surface area contributed by atoms with E-state index >= 15 is 0 Å². The monoisotopic (exact) mass is 154 g/mol. The standard InChI is InChI=1S/C8H14N2O/c1-3-6-10(4-2)8-9-5-7-11-8/h5,7H,3-4,6H2,1-2H3. The molecule has 0 aliphatic rings. The lowest BCUT2D eigenvalue weighted by Crippen LogP contribution is -2.23.